The van der Waals surface area contributed by atoms with E-state index in [1.165, 1.54) is 12.1 Å². The number of rotatable bonds is 2. The molecule has 0 spiro atoms. The molecule has 0 atom stereocenters. The second kappa shape index (κ2) is 4.80. The van der Waals surface area contributed by atoms with E-state index in [1.807, 2.05) is 0 Å². The van der Waals surface area contributed by atoms with Crippen molar-refractivity contribution in [3.63, 3.8) is 0 Å². The Balaban J connectivity index is 2.24. The van der Waals surface area contributed by atoms with E-state index in [-0.39, 0.29) is 5.02 Å². The van der Waals surface area contributed by atoms with Crippen molar-refractivity contribution in [2.45, 2.75) is 0 Å². The molecule has 0 aliphatic heterocycles. The van der Waals surface area contributed by atoms with Gasteiger partial charge in [0.05, 0.1) is 5.02 Å². The summed E-state index contributed by atoms with van der Waals surface area (Å²) in [6, 6.07) is 9.45. The summed E-state index contributed by atoms with van der Waals surface area (Å²) >= 11 is 8.77. The van der Waals surface area contributed by atoms with Crippen LogP contribution in [-0.4, -0.2) is 4.98 Å². The lowest BCUT2D eigenvalue weighted by Gasteiger charge is -2.05. The van der Waals surface area contributed by atoms with E-state index in [9.17, 15) is 4.39 Å². The summed E-state index contributed by atoms with van der Waals surface area (Å²) < 4.78 is 19.1. The van der Waals surface area contributed by atoms with E-state index in [2.05, 4.69) is 20.9 Å². The monoisotopic (exact) mass is 301 g/mol. The molecule has 2 rings (SSSR count). The number of benzene rings is 1. The third-order valence-electron chi connectivity index (χ3n) is 1.80. The quantitative estimate of drug-likeness (QED) is 0.766. The van der Waals surface area contributed by atoms with E-state index in [1.54, 1.807) is 24.3 Å². The molecule has 0 aliphatic rings. The van der Waals surface area contributed by atoms with Gasteiger partial charge in [-0.05, 0) is 34.1 Å². The van der Waals surface area contributed by atoms with E-state index in [0.29, 0.717) is 16.2 Å². The lowest BCUT2D eigenvalue weighted by molar-refractivity contribution is 0.457. The average molecular weight is 303 g/mol. The maximum absolute atomic E-state index is 13.1. The summed E-state index contributed by atoms with van der Waals surface area (Å²) in [6.07, 6.45) is 0. The van der Waals surface area contributed by atoms with Crippen molar-refractivity contribution in [3.8, 4) is 11.6 Å². The third-order valence-corrected chi connectivity index (χ3v) is 2.55. The first kappa shape index (κ1) is 11.4. The van der Waals surface area contributed by atoms with Crippen LogP contribution < -0.4 is 4.74 Å². The average Bonchev–Trinajstić information content (AvgIpc) is 2.24. The van der Waals surface area contributed by atoms with Crippen molar-refractivity contribution in [1.29, 1.82) is 0 Å². The van der Waals surface area contributed by atoms with Crippen LogP contribution in [0, 0.1) is 5.82 Å². The smallest absolute Gasteiger partial charge is 0.220 e. The highest BCUT2D eigenvalue weighted by Crippen LogP contribution is 2.24. The Morgan fingerprint density at radius 1 is 1.25 bits per heavy atom. The van der Waals surface area contributed by atoms with Crippen LogP contribution in [0.3, 0.4) is 0 Å². The van der Waals surface area contributed by atoms with Crippen molar-refractivity contribution < 1.29 is 9.13 Å². The molecule has 0 amide bonds. The Hall–Kier alpha value is -1.13. The summed E-state index contributed by atoms with van der Waals surface area (Å²) in [5.41, 5.74) is 0. The number of hydrogen-bond donors (Lipinski definition) is 0. The molecule has 0 saturated carbocycles. The lowest BCUT2D eigenvalue weighted by Crippen LogP contribution is -1.88. The maximum Gasteiger partial charge on any atom is 0.220 e. The number of pyridine rings is 1. The highest BCUT2D eigenvalue weighted by atomic mass is 79.9. The fraction of sp³-hybridized carbons (Fsp3) is 0. The molecule has 1 aromatic heterocycles. The number of nitrogens with zero attached hydrogens (tertiary/aromatic N) is 1. The Bertz CT molecular complexity index is 521. The first-order valence-corrected chi connectivity index (χ1v) is 5.58. The fourth-order valence-corrected chi connectivity index (χ4v) is 1.55. The minimum atomic E-state index is -0.519. The van der Waals surface area contributed by atoms with Gasteiger partial charge in [0.15, 0.2) is 0 Å². The molecule has 16 heavy (non-hydrogen) atoms. The fourth-order valence-electron chi connectivity index (χ4n) is 1.11. The van der Waals surface area contributed by atoms with Crippen LogP contribution in [0.1, 0.15) is 0 Å². The lowest BCUT2D eigenvalue weighted by atomic mass is 10.3. The number of hydrogen-bond acceptors (Lipinski definition) is 2. The summed E-state index contributed by atoms with van der Waals surface area (Å²) in [4.78, 5) is 4.06. The predicted molar refractivity (Wildman–Crippen MR) is 63.4 cm³/mol. The van der Waals surface area contributed by atoms with E-state index in [4.69, 9.17) is 16.3 Å². The molecule has 0 radical (unpaired) electrons. The number of ether oxygens (including phenoxy) is 1. The summed E-state index contributed by atoms with van der Waals surface area (Å²) in [6.45, 7) is 0. The molecular formula is C11H6BrClFNO. The first-order valence-electron chi connectivity index (χ1n) is 4.40. The molecule has 0 unspecified atom stereocenters. The van der Waals surface area contributed by atoms with Crippen LogP contribution in [0.2, 0.25) is 5.02 Å². The number of halogens is 3. The van der Waals surface area contributed by atoms with Gasteiger partial charge in [-0.3, -0.25) is 0 Å². The zero-order valence-corrected chi connectivity index (χ0v) is 10.3. The minimum Gasteiger partial charge on any atom is -0.439 e. The van der Waals surface area contributed by atoms with Crippen molar-refractivity contribution >= 4 is 27.5 Å². The van der Waals surface area contributed by atoms with Gasteiger partial charge in [0.25, 0.3) is 0 Å². The van der Waals surface area contributed by atoms with Gasteiger partial charge < -0.3 is 4.74 Å². The second-order valence-corrected chi connectivity index (χ2v) is 4.20. The van der Waals surface area contributed by atoms with Gasteiger partial charge >= 0.3 is 0 Å². The van der Waals surface area contributed by atoms with E-state index < -0.39 is 5.82 Å². The molecule has 0 aliphatic carbocycles. The molecule has 0 saturated heterocycles. The van der Waals surface area contributed by atoms with Gasteiger partial charge in [-0.25, -0.2) is 9.37 Å². The van der Waals surface area contributed by atoms with Crippen LogP contribution >= 0.6 is 27.5 Å². The van der Waals surface area contributed by atoms with Gasteiger partial charge in [-0.15, -0.1) is 0 Å². The van der Waals surface area contributed by atoms with Crippen LogP contribution in [0.15, 0.2) is 41.0 Å². The largest absolute Gasteiger partial charge is 0.439 e. The molecule has 2 nitrogen and oxygen atoms in total. The Kier molecular flexibility index (Phi) is 3.41. The van der Waals surface area contributed by atoms with Gasteiger partial charge in [0.1, 0.15) is 16.2 Å². The zero-order chi connectivity index (χ0) is 11.5. The van der Waals surface area contributed by atoms with E-state index in [0.717, 1.165) is 0 Å². The Morgan fingerprint density at radius 3 is 2.75 bits per heavy atom. The van der Waals surface area contributed by atoms with Gasteiger partial charge in [0, 0.05) is 12.1 Å². The second-order valence-electron chi connectivity index (χ2n) is 2.98. The van der Waals surface area contributed by atoms with Crippen LogP contribution in [-0.2, 0) is 0 Å². The standard InChI is InChI=1S/C11H6BrClFNO/c12-10-2-1-3-11(15-10)16-7-4-5-8(13)9(14)6-7/h1-6H. The molecule has 0 N–H and O–H groups in total. The predicted octanol–water partition coefficient (Wildman–Crippen LogP) is 4.43. The van der Waals surface area contributed by atoms with Crippen molar-refractivity contribution in [2.24, 2.45) is 0 Å². The van der Waals surface area contributed by atoms with Crippen molar-refractivity contribution in [3.05, 3.63) is 51.8 Å². The van der Waals surface area contributed by atoms with Gasteiger partial charge in [-0.2, -0.15) is 0 Å². The van der Waals surface area contributed by atoms with Gasteiger partial charge in [0.2, 0.25) is 5.88 Å². The molecule has 0 bridgehead atoms. The SMILES string of the molecule is Fc1cc(Oc2cccc(Br)n2)ccc1Cl. The summed E-state index contributed by atoms with van der Waals surface area (Å²) in [5, 5.41) is 0.0644. The molecule has 5 heteroatoms. The summed E-state index contributed by atoms with van der Waals surface area (Å²) in [5.74, 6) is 0.220. The molecule has 1 aromatic carbocycles. The topological polar surface area (TPSA) is 22.1 Å². The van der Waals surface area contributed by atoms with Crippen LogP contribution in [0.5, 0.6) is 11.6 Å². The number of aromatic nitrogens is 1. The van der Waals surface area contributed by atoms with Crippen LogP contribution in [0.4, 0.5) is 4.39 Å². The van der Waals surface area contributed by atoms with Crippen LogP contribution in [0.25, 0.3) is 0 Å². The molecule has 2 aromatic rings. The zero-order valence-electron chi connectivity index (χ0n) is 7.95. The molecule has 82 valence electrons. The third kappa shape index (κ3) is 2.71. The van der Waals surface area contributed by atoms with Gasteiger partial charge in [-0.1, -0.05) is 17.7 Å². The highest BCUT2D eigenvalue weighted by Gasteiger charge is 2.03. The Morgan fingerprint density at radius 2 is 2.06 bits per heavy atom. The van der Waals surface area contributed by atoms with E-state index >= 15 is 0 Å². The van der Waals surface area contributed by atoms with Crippen molar-refractivity contribution in [1.82, 2.24) is 4.98 Å². The molecular weight excluding hydrogens is 296 g/mol. The highest BCUT2D eigenvalue weighted by molar-refractivity contribution is 9.10. The maximum atomic E-state index is 13.1. The molecule has 1 heterocycles. The first-order chi connectivity index (χ1) is 7.65. The molecule has 0 fully saturated rings. The minimum absolute atomic E-state index is 0.0644. The summed E-state index contributed by atoms with van der Waals surface area (Å²) in [7, 11) is 0. The normalized spacial score (nSPS) is 10.2. The Labute approximate surface area is 105 Å². The van der Waals surface area contributed by atoms with Crippen molar-refractivity contribution in [2.75, 3.05) is 0 Å².